The highest BCUT2D eigenvalue weighted by atomic mass is 35.5. The van der Waals surface area contributed by atoms with E-state index in [0.717, 1.165) is 23.1 Å². The summed E-state index contributed by atoms with van der Waals surface area (Å²) in [6.07, 6.45) is 6.35. The average Bonchev–Trinajstić information content (AvgIpc) is 3.05. The van der Waals surface area contributed by atoms with E-state index in [0.29, 0.717) is 16.7 Å². The van der Waals surface area contributed by atoms with E-state index in [1.54, 1.807) is 17.6 Å². The first-order valence-corrected chi connectivity index (χ1v) is 7.54. The van der Waals surface area contributed by atoms with Crippen LogP contribution in [0.1, 0.15) is 23.3 Å². The molecule has 3 nitrogen and oxygen atoms in total. The third-order valence-electron chi connectivity index (χ3n) is 3.51. The van der Waals surface area contributed by atoms with Crippen LogP contribution in [-0.2, 0) is 12.8 Å². The topological polar surface area (TPSA) is 38.9 Å². The molecule has 0 N–H and O–H groups in total. The number of furan rings is 1. The summed E-state index contributed by atoms with van der Waals surface area (Å²) < 4.78 is 5.35. The highest BCUT2D eigenvalue weighted by molar-refractivity contribution is 7.19. The normalized spacial score (nSPS) is 14.8. The molecule has 3 aromatic heterocycles. The molecule has 0 radical (unpaired) electrons. The summed E-state index contributed by atoms with van der Waals surface area (Å²) in [4.78, 5) is 11.4. The Balaban J connectivity index is 1.98. The standard InChI is InChI=1S/C14H11ClN2OS/c15-12-11-8-4-1-2-6-10(8)19-14(11)17-13(16-12)9-5-3-7-18-9/h3,5,7H,1-2,4,6H2. The fourth-order valence-corrected chi connectivity index (χ4v) is 4.23. The molecule has 4 rings (SSSR count). The van der Waals surface area contributed by atoms with Crippen molar-refractivity contribution in [1.82, 2.24) is 9.97 Å². The summed E-state index contributed by atoms with van der Waals surface area (Å²) in [5.74, 6) is 1.23. The van der Waals surface area contributed by atoms with Gasteiger partial charge in [-0.3, -0.25) is 0 Å². The molecular formula is C14H11ClN2OS. The smallest absolute Gasteiger partial charge is 0.198 e. The van der Waals surface area contributed by atoms with Crippen LogP contribution in [0.15, 0.2) is 22.8 Å². The molecule has 0 spiro atoms. The first kappa shape index (κ1) is 11.4. The van der Waals surface area contributed by atoms with Crippen LogP contribution in [-0.4, -0.2) is 9.97 Å². The fourth-order valence-electron chi connectivity index (χ4n) is 2.63. The van der Waals surface area contributed by atoms with Crippen LogP contribution in [0.4, 0.5) is 0 Å². The van der Waals surface area contributed by atoms with Crippen molar-refractivity contribution in [2.24, 2.45) is 0 Å². The predicted molar refractivity (Wildman–Crippen MR) is 76.8 cm³/mol. The molecule has 0 bridgehead atoms. The third kappa shape index (κ3) is 1.78. The van der Waals surface area contributed by atoms with Crippen molar-refractivity contribution in [2.75, 3.05) is 0 Å². The SMILES string of the molecule is Clc1nc(-c2ccco2)nc2sc3c(c12)CCCC3. The van der Waals surface area contributed by atoms with Crippen molar-refractivity contribution in [3.05, 3.63) is 34.0 Å². The second-order valence-electron chi connectivity index (χ2n) is 4.71. The van der Waals surface area contributed by atoms with Crippen LogP contribution in [0, 0.1) is 0 Å². The molecule has 0 aromatic carbocycles. The second-order valence-corrected chi connectivity index (χ2v) is 6.15. The van der Waals surface area contributed by atoms with Crippen molar-refractivity contribution >= 4 is 33.2 Å². The summed E-state index contributed by atoms with van der Waals surface area (Å²) in [6, 6.07) is 3.68. The molecule has 0 saturated carbocycles. The van der Waals surface area contributed by atoms with E-state index in [2.05, 4.69) is 9.97 Å². The van der Waals surface area contributed by atoms with Gasteiger partial charge in [0.2, 0.25) is 0 Å². The molecule has 1 aliphatic carbocycles. The van der Waals surface area contributed by atoms with Crippen molar-refractivity contribution in [3.63, 3.8) is 0 Å². The Morgan fingerprint density at radius 1 is 1.21 bits per heavy atom. The zero-order valence-corrected chi connectivity index (χ0v) is 11.7. The van der Waals surface area contributed by atoms with E-state index in [4.69, 9.17) is 16.0 Å². The van der Waals surface area contributed by atoms with Gasteiger partial charge in [0.1, 0.15) is 9.98 Å². The van der Waals surface area contributed by atoms with Crippen LogP contribution in [0.3, 0.4) is 0 Å². The lowest BCUT2D eigenvalue weighted by Gasteiger charge is -2.10. The number of aryl methyl sites for hydroxylation is 2. The van der Waals surface area contributed by atoms with E-state index in [1.165, 1.54) is 23.3 Å². The zero-order chi connectivity index (χ0) is 12.8. The lowest BCUT2D eigenvalue weighted by molar-refractivity contribution is 0.577. The maximum Gasteiger partial charge on any atom is 0.198 e. The van der Waals surface area contributed by atoms with Crippen LogP contribution in [0.5, 0.6) is 0 Å². The minimum atomic E-state index is 0.552. The van der Waals surface area contributed by atoms with Crippen molar-refractivity contribution in [3.8, 4) is 11.6 Å². The van der Waals surface area contributed by atoms with Gasteiger partial charge < -0.3 is 4.42 Å². The van der Waals surface area contributed by atoms with Gasteiger partial charge in [-0.05, 0) is 43.4 Å². The Bertz CT molecular complexity index is 748. The van der Waals surface area contributed by atoms with Gasteiger partial charge in [-0.25, -0.2) is 9.97 Å². The number of aromatic nitrogens is 2. The summed E-state index contributed by atoms with van der Waals surface area (Å²) in [7, 11) is 0. The van der Waals surface area contributed by atoms with Gasteiger partial charge in [-0.1, -0.05) is 11.6 Å². The largest absolute Gasteiger partial charge is 0.461 e. The van der Waals surface area contributed by atoms with Crippen LogP contribution >= 0.6 is 22.9 Å². The highest BCUT2D eigenvalue weighted by Crippen LogP contribution is 2.39. The minimum Gasteiger partial charge on any atom is -0.461 e. The molecular weight excluding hydrogens is 280 g/mol. The van der Waals surface area contributed by atoms with E-state index in [-0.39, 0.29) is 0 Å². The number of fused-ring (bicyclic) bond motifs is 3. The van der Waals surface area contributed by atoms with Gasteiger partial charge in [0, 0.05) is 4.88 Å². The van der Waals surface area contributed by atoms with Gasteiger partial charge in [0.15, 0.2) is 11.6 Å². The predicted octanol–water partition coefficient (Wildman–Crippen LogP) is 4.48. The Morgan fingerprint density at radius 3 is 2.95 bits per heavy atom. The first-order chi connectivity index (χ1) is 9.33. The Labute approximate surface area is 119 Å². The third-order valence-corrected chi connectivity index (χ3v) is 4.97. The van der Waals surface area contributed by atoms with Crippen LogP contribution in [0.2, 0.25) is 5.15 Å². The Morgan fingerprint density at radius 2 is 2.11 bits per heavy atom. The molecule has 0 amide bonds. The molecule has 19 heavy (non-hydrogen) atoms. The number of rotatable bonds is 1. The molecule has 0 unspecified atom stereocenters. The number of thiophene rings is 1. The van der Waals surface area contributed by atoms with Gasteiger partial charge in [0.05, 0.1) is 11.6 Å². The molecule has 0 atom stereocenters. The monoisotopic (exact) mass is 290 g/mol. The van der Waals surface area contributed by atoms with Gasteiger partial charge in [0.25, 0.3) is 0 Å². The maximum atomic E-state index is 6.37. The van der Waals surface area contributed by atoms with Crippen molar-refractivity contribution in [1.29, 1.82) is 0 Å². The van der Waals surface area contributed by atoms with Gasteiger partial charge in [-0.15, -0.1) is 11.3 Å². The minimum absolute atomic E-state index is 0.552. The molecule has 1 aliphatic rings. The molecule has 0 aliphatic heterocycles. The number of nitrogens with zero attached hydrogens (tertiary/aromatic N) is 2. The summed E-state index contributed by atoms with van der Waals surface area (Å²) in [6.45, 7) is 0. The molecule has 0 fully saturated rings. The van der Waals surface area contributed by atoms with Crippen molar-refractivity contribution < 1.29 is 4.42 Å². The summed E-state index contributed by atoms with van der Waals surface area (Å²) in [5.41, 5.74) is 1.36. The van der Waals surface area contributed by atoms with E-state index in [9.17, 15) is 0 Å². The van der Waals surface area contributed by atoms with Crippen molar-refractivity contribution in [2.45, 2.75) is 25.7 Å². The van der Waals surface area contributed by atoms with Crippen LogP contribution in [0.25, 0.3) is 21.8 Å². The molecule has 0 saturated heterocycles. The highest BCUT2D eigenvalue weighted by Gasteiger charge is 2.21. The van der Waals surface area contributed by atoms with Gasteiger partial charge >= 0.3 is 0 Å². The van der Waals surface area contributed by atoms with E-state index in [1.807, 2.05) is 12.1 Å². The quantitative estimate of drug-likeness (QED) is 0.620. The lowest BCUT2D eigenvalue weighted by atomic mass is 9.97. The Hall–Kier alpha value is -1.39. The lowest BCUT2D eigenvalue weighted by Crippen LogP contribution is -1.98. The Kier molecular flexibility index (Phi) is 2.60. The number of hydrogen-bond donors (Lipinski definition) is 0. The second kappa shape index (κ2) is 4.32. The summed E-state index contributed by atoms with van der Waals surface area (Å²) >= 11 is 8.12. The van der Waals surface area contributed by atoms with E-state index < -0.39 is 0 Å². The molecule has 3 aromatic rings. The molecule has 96 valence electrons. The fraction of sp³-hybridized carbons (Fsp3) is 0.286. The van der Waals surface area contributed by atoms with E-state index >= 15 is 0 Å². The molecule has 3 heterocycles. The zero-order valence-electron chi connectivity index (χ0n) is 10.1. The summed E-state index contributed by atoms with van der Waals surface area (Å²) in [5, 5.41) is 1.60. The number of hydrogen-bond acceptors (Lipinski definition) is 4. The number of halogens is 1. The average molecular weight is 291 g/mol. The van der Waals surface area contributed by atoms with Gasteiger partial charge in [-0.2, -0.15) is 0 Å². The first-order valence-electron chi connectivity index (χ1n) is 6.34. The molecule has 5 heteroatoms. The maximum absolute atomic E-state index is 6.37. The van der Waals surface area contributed by atoms with Crippen LogP contribution < -0.4 is 0 Å².